The predicted molar refractivity (Wildman–Crippen MR) is 94.1 cm³/mol. The fourth-order valence-corrected chi connectivity index (χ4v) is 4.07. The highest BCUT2D eigenvalue weighted by Gasteiger charge is 2.30. The van der Waals surface area contributed by atoms with E-state index in [9.17, 15) is 21.6 Å². The van der Waals surface area contributed by atoms with Crippen molar-refractivity contribution in [2.24, 2.45) is 0 Å². The molecule has 0 radical (unpaired) electrons. The first-order valence-corrected chi connectivity index (χ1v) is 11.0. The molecule has 0 unspecified atom stereocenters. The van der Waals surface area contributed by atoms with E-state index in [2.05, 4.69) is 19.8 Å². The first-order chi connectivity index (χ1) is 11.6. The van der Waals surface area contributed by atoms with Crippen LogP contribution in [0.1, 0.15) is 5.56 Å². The minimum atomic E-state index is -4.37. The normalized spacial score (nSPS) is 12.3. The lowest BCUT2D eigenvalue weighted by atomic mass is 10.1. The highest BCUT2D eigenvalue weighted by atomic mass is 79.9. The van der Waals surface area contributed by atoms with Crippen LogP contribution in [0.15, 0.2) is 58.8 Å². The lowest BCUT2D eigenvalue weighted by Crippen LogP contribution is -2.03. The standard InChI is InChI=1S/C16H9BrF3NO2S2/c17-25(22,23)13-7-3-11(4-8-13)15-21-14(9-24-15)10-1-5-12(6-2-10)16(18,19)20/h1-9H. The molecule has 0 saturated carbocycles. The van der Waals surface area contributed by atoms with Gasteiger partial charge in [-0.1, -0.05) is 24.3 Å². The second-order valence-corrected chi connectivity index (χ2v) is 9.84. The van der Waals surface area contributed by atoms with Crippen LogP contribution in [0.25, 0.3) is 21.8 Å². The van der Waals surface area contributed by atoms with Crippen molar-refractivity contribution in [2.75, 3.05) is 0 Å². The molecule has 0 aliphatic rings. The van der Waals surface area contributed by atoms with Gasteiger partial charge in [0.15, 0.2) is 0 Å². The van der Waals surface area contributed by atoms with Gasteiger partial charge in [0.1, 0.15) is 5.01 Å². The molecular formula is C16H9BrF3NO2S2. The summed E-state index contributed by atoms with van der Waals surface area (Å²) in [4.78, 5) is 4.55. The van der Waals surface area contributed by atoms with Crippen molar-refractivity contribution in [3.8, 4) is 21.8 Å². The van der Waals surface area contributed by atoms with Gasteiger partial charge in [-0.15, -0.1) is 11.3 Å². The van der Waals surface area contributed by atoms with Crippen LogP contribution in [0.5, 0.6) is 0 Å². The van der Waals surface area contributed by atoms with Crippen LogP contribution in [-0.2, 0) is 14.4 Å². The molecular weight excluding hydrogens is 439 g/mol. The van der Waals surface area contributed by atoms with Crippen LogP contribution in [0.4, 0.5) is 13.2 Å². The molecule has 0 fully saturated rings. The number of alkyl halides is 3. The fraction of sp³-hybridized carbons (Fsp3) is 0.0625. The van der Waals surface area contributed by atoms with Crippen molar-refractivity contribution >= 4 is 34.4 Å². The Bertz CT molecular complexity index is 995. The van der Waals surface area contributed by atoms with Gasteiger partial charge in [-0.2, -0.15) is 13.2 Å². The van der Waals surface area contributed by atoms with Gasteiger partial charge in [0.25, 0.3) is 0 Å². The van der Waals surface area contributed by atoms with Gasteiger partial charge in [0, 0.05) is 16.5 Å². The molecule has 0 amide bonds. The van der Waals surface area contributed by atoms with Gasteiger partial charge in [-0.25, -0.2) is 13.4 Å². The molecule has 3 aromatic rings. The molecule has 1 heterocycles. The Kier molecular flexibility index (Phi) is 4.74. The van der Waals surface area contributed by atoms with Crippen LogP contribution in [0, 0.1) is 0 Å². The Morgan fingerprint density at radius 2 is 1.48 bits per heavy atom. The molecule has 3 rings (SSSR count). The zero-order valence-electron chi connectivity index (χ0n) is 12.3. The molecule has 0 N–H and O–H groups in total. The second-order valence-electron chi connectivity index (χ2n) is 5.08. The average Bonchev–Trinajstić information content (AvgIpc) is 3.03. The van der Waals surface area contributed by atoms with Crippen LogP contribution in [-0.4, -0.2) is 13.4 Å². The minimum Gasteiger partial charge on any atom is -0.236 e. The summed E-state index contributed by atoms with van der Waals surface area (Å²) in [5.41, 5.74) is 1.16. The van der Waals surface area contributed by atoms with Crippen LogP contribution < -0.4 is 0 Å². The van der Waals surface area contributed by atoms with E-state index in [-0.39, 0.29) is 4.90 Å². The molecule has 1 aromatic heterocycles. The highest BCUT2D eigenvalue weighted by Crippen LogP contribution is 2.33. The molecule has 2 aromatic carbocycles. The highest BCUT2D eigenvalue weighted by molar-refractivity contribution is 9.47. The number of thiazole rings is 1. The third-order valence-electron chi connectivity index (χ3n) is 3.39. The molecule has 0 atom stereocenters. The number of benzene rings is 2. The Balaban J connectivity index is 1.87. The van der Waals surface area contributed by atoms with E-state index in [1.54, 1.807) is 17.5 Å². The SMILES string of the molecule is O=S(=O)(Br)c1ccc(-c2nc(-c3ccc(C(F)(F)F)cc3)cs2)cc1. The maximum Gasteiger partial charge on any atom is 0.416 e. The summed E-state index contributed by atoms with van der Waals surface area (Å²) in [7, 11) is -3.45. The molecule has 0 bridgehead atoms. The summed E-state index contributed by atoms with van der Waals surface area (Å²) in [6, 6.07) is 11.0. The van der Waals surface area contributed by atoms with E-state index in [0.29, 0.717) is 16.3 Å². The van der Waals surface area contributed by atoms with Gasteiger partial charge in [0.05, 0.1) is 31.0 Å². The van der Waals surface area contributed by atoms with E-state index >= 15 is 0 Å². The van der Waals surface area contributed by atoms with Gasteiger partial charge in [-0.3, -0.25) is 0 Å². The Morgan fingerprint density at radius 3 is 2.00 bits per heavy atom. The Labute approximate surface area is 153 Å². The summed E-state index contributed by atoms with van der Waals surface area (Å²) in [5, 5.41) is 2.39. The van der Waals surface area contributed by atoms with Gasteiger partial charge in [0.2, 0.25) is 8.27 Å². The minimum absolute atomic E-state index is 0.135. The van der Waals surface area contributed by atoms with Crippen molar-refractivity contribution in [1.29, 1.82) is 0 Å². The smallest absolute Gasteiger partial charge is 0.236 e. The number of rotatable bonds is 3. The van der Waals surface area contributed by atoms with Crippen molar-refractivity contribution < 1.29 is 21.6 Å². The maximum absolute atomic E-state index is 12.6. The zero-order chi connectivity index (χ0) is 18.2. The van der Waals surface area contributed by atoms with E-state index in [1.807, 2.05) is 0 Å². The molecule has 130 valence electrons. The second kappa shape index (κ2) is 6.54. The van der Waals surface area contributed by atoms with E-state index in [1.165, 1.54) is 35.6 Å². The van der Waals surface area contributed by atoms with Crippen molar-refractivity contribution in [2.45, 2.75) is 11.1 Å². The third kappa shape index (κ3) is 4.10. The third-order valence-corrected chi connectivity index (χ3v) is 6.24. The van der Waals surface area contributed by atoms with Crippen molar-refractivity contribution in [3.05, 3.63) is 59.5 Å². The largest absolute Gasteiger partial charge is 0.416 e. The van der Waals surface area contributed by atoms with Crippen molar-refractivity contribution in [3.63, 3.8) is 0 Å². The molecule has 0 spiro atoms. The lowest BCUT2D eigenvalue weighted by Gasteiger charge is -2.06. The van der Waals surface area contributed by atoms with Crippen LogP contribution in [0.2, 0.25) is 0 Å². The van der Waals surface area contributed by atoms with Crippen LogP contribution >= 0.6 is 26.1 Å². The number of halogens is 4. The van der Waals surface area contributed by atoms with E-state index in [0.717, 1.165) is 17.7 Å². The number of aromatic nitrogens is 1. The molecule has 9 heteroatoms. The van der Waals surface area contributed by atoms with E-state index in [4.69, 9.17) is 0 Å². The first kappa shape index (κ1) is 18.1. The van der Waals surface area contributed by atoms with Gasteiger partial charge >= 0.3 is 6.18 Å². The maximum atomic E-state index is 12.6. The molecule has 25 heavy (non-hydrogen) atoms. The number of nitrogens with zero attached hydrogens (tertiary/aromatic N) is 1. The molecule has 0 aliphatic heterocycles. The quantitative estimate of drug-likeness (QED) is 0.492. The fourth-order valence-electron chi connectivity index (χ4n) is 2.13. The molecule has 3 nitrogen and oxygen atoms in total. The summed E-state index contributed by atoms with van der Waals surface area (Å²) in [5.74, 6) is 0. The predicted octanol–water partition coefficient (Wildman–Crippen LogP) is 5.58. The summed E-state index contributed by atoms with van der Waals surface area (Å²) < 4.78 is 60.6. The number of hydrogen-bond donors (Lipinski definition) is 0. The Morgan fingerprint density at radius 1 is 0.920 bits per heavy atom. The Hall–Kier alpha value is -1.71. The van der Waals surface area contributed by atoms with Gasteiger partial charge in [-0.05, 0) is 24.3 Å². The lowest BCUT2D eigenvalue weighted by molar-refractivity contribution is -0.137. The molecule has 0 aliphatic carbocycles. The summed E-state index contributed by atoms with van der Waals surface area (Å²) >= 11 is 3.93. The monoisotopic (exact) mass is 447 g/mol. The first-order valence-electron chi connectivity index (χ1n) is 6.83. The average molecular weight is 448 g/mol. The summed E-state index contributed by atoms with van der Waals surface area (Å²) in [6.07, 6.45) is -4.37. The zero-order valence-corrected chi connectivity index (χ0v) is 15.5. The molecule has 0 saturated heterocycles. The number of hydrogen-bond acceptors (Lipinski definition) is 4. The van der Waals surface area contributed by atoms with Crippen molar-refractivity contribution in [1.82, 2.24) is 4.98 Å². The van der Waals surface area contributed by atoms with Crippen LogP contribution in [0.3, 0.4) is 0 Å². The van der Waals surface area contributed by atoms with Gasteiger partial charge < -0.3 is 0 Å². The topological polar surface area (TPSA) is 47.0 Å². The van der Waals surface area contributed by atoms with E-state index < -0.39 is 20.0 Å². The summed E-state index contributed by atoms with van der Waals surface area (Å²) in [6.45, 7) is 0.